The summed E-state index contributed by atoms with van der Waals surface area (Å²) in [6, 6.07) is 16.5. The molecule has 0 spiro atoms. The van der Waals surface area contributed by atoms with Crippen LogP contribution in [-0.2, 0) is 11.2 Å². The summed E-state index contributed by atoms with van der Waals surface area (Å²) in [6.07, 6.45) is 1.81. The van der Waals surface area contributed by atoms with Crippen LogP contribution in [0.4, 0.5) is 21.9 Å². The highest BCUT2D eigenvalue weighted by Crippen LogP contribution is 2.28. The lowest BCUT2D eigenvalue weighted by molar-refractivity contribution is -0.131. The fourth-order valence-electron chi connectivity index (χ4n) is 4.55. The maximum Gasteiger partial charge on any atom is 0.335 e. The molecule has 0 unspecified atom stereocenters. The molecule has 4 rings (SSSR count). The van der Waals surface area contributed by atoms with E-state index in [1.807, 2.05) is 31.2 Å². The fraction of sp³-hybridized carbons (Fsp3) is 0.276. The number of anilines is 3. The number of aryl methyl sites for hydroxylation is 1. The van der Waals surface area contributed by atoms with Crippen molar-refractivity contribution >= 4 is 35.0 Å². The lowest BCUT2D eigenvalue weighted by atomic mass is 10.1. The van der Waals surface area contributed by atoms with Crippen LogP contribution in [0.3, 0.4) is 0 Å². The Morgan fingerprint density at radius 1 is 1.03 bits per heavy atom. The number of para-hydroxylation sites is 1. The van der Waals surface area contributed by atoms with Crippen LogP contribution >= 0.6 is 0 Å². The molecule has 1 aliphatic rings. The third-order valence-electron chi connectivity index (χ3n) is 6.65. The van der Waals surface area contributed by atoms with Gasteiger partial charge in [-0.3, -0.25) is 4.79 Å². The normalized spacial score (nSPS) is 14.5. The first-order chi connectivity index (χ1) is 18.7. The summed E-state index contributed by atoms with van der Waals surface area (Å²) >= 11 is 0. The molecule has 0 aliphatic carbocycles. The van der Waals surface area contributed by atoms with Crippen molar-refractivity contribution in [3.8, 4) is 11.5 Å². The summed E-state index contributed by atoms with van der Waals surface area (Å²) in [5, 5.41) is 14.7. The van der Waals surface area contributed by atoms with E-state index in [1.54, 1.807) is 23.1 Å². The number of hydrogen-bond acceptors (Lipinski definition) is 6. The Labute approximate surface area is 226 Å². The van der Waals surface area contributed by atoms with E-state index < -0.39 is 12.0 Å². The fourth-order valence-corrected chi connectivity index (χ4v) is 4.55. The first-order valence-corrected chi connectivity index (χ1v) is 12.6. The number of nitrogens with two attached hydrogens (primary N) is 1. The number of aromatic carboxylic acids is 1. The van der Waals surface area contributed by atoms with Gasteiger partial charge in [-0.15, -0.1) is 0 Å². The van der Waals surface area contributed by atoms with Gasteiger partial charge in [-0.05, 0) is 67.3 Å². The van der Waals surface area contributed by atoms with E-state index in [4.69, 9.17) is 20.3 Å². The summed E-state index contributed by atoms with van der Waals surface area (Å²) in [4.78, 5) is 38.6. The van der Waals surface area contributed by atoms with Crippen LogP contribution in [0.5, 0.6) is 11.5 Å². The standard InChI is InChI=1S/C29H32N4O6/c1-18-6-3-4-8-23(18)31-29(37)32-24-11-9-19(14-26(24)38-2)15-27(34)33-13-5-7-21(33)17-39-25-12-10-20(28(35)36)16-22(25)30/h3-4,6,8-12,14,16,21H,5,7,13,15,17,30H2,1-2H3,(H,35,36)(H2,31,32,37)/t21-/m0/s1. The number of carbonyl (C=O) groups is 3. The van der Waals surface area contributed by atoms with Crippen LogP contribution in [0.2, 0.25) is 0 Å². The van der Waals surface area contributed by atoms with Crippen LogP contribution in [0, 0.1) is 6.92 Å². The SMILES string of the molecule is COc1cc(CC(=O)N2CCC[C@H]2COc2ccc(C(=O)O)cc2N)ccc1NC(=O)Nc1ccccc1C. The van der Waals surface area contributed by atoms with Crippen molar-refractivity contribution < 1.29 is 29.0 Å². The molecule has 3 amide bonds. The van der Waals surface area contributed by atoms with E-state index in [0.717, 1.165) is 24.0 Å². The molecule has 10 heteroatoms. The Hall–Kier alpha value is -4.73. The second kappa shape index (κ2) is 12.2. The predicted molar refractivity (Wildman–Crippen MR) is 149 cm³/mol. The van der Waals surface area contributed by atoms with E-state index >= 15 is 0 Å². The van der Waals surface area contributed by atoms with Crippen molar-refractivity contribution in [1.82, 2.24) is 4.90 Å². The number of benzene rings is 3. The molecule has 39 heavy (non-hydrogen) atoms. The molecule has 1 saturated heterocycles. The van der Waals surface area contributed by atoms with Gasteiger partial charge in [0.15, 0.2) is 0 Å². The van der Waals surface area contributed by atoms with Gasteiger partial charge in [-0.25, -0.2) is 9.59 Å². The van der Waals surface area contributed by atoms with E-state index in [9.17, 15) is 14.4 Å². The van der Waals surface area contributed by atoms with E-state index in [-0.39, 0.29) is 36.2 Å². The topological polar surface area (TPSA) is 143 Å². The summed E-state index contributed by atoms with van der Waals surface area (Å²) in [7, 11) is 1.51. The zero-order valence-electron chi connectivity index (χ0n) is 21.9. The average molecular weight is 533 g/mol. The minimum Gasteiger partial charge on any atom is -0.495 e. The van der Waals surface area contributed by atoms with Gasteiger partial charge in [0.2, 0.25) is 5.91 Å². The van der Waals surface area contributed by atoms with Crippen molar-refractivity contribution in [2.45, 2.75) is 32.2 Å². The monoisotopic (exact) mass is 532 g/mol. The van der Waals surface area contributed by atoms with Crippen LogP contribution in [-0.4, -0.2) is 54.2 Å². The zero-order chi connectivity index (χ0) is 27.9. The number of methoxy groups -OCH3 is 1. The molecule has 5 N–H and O–H groups in total. The molecule has 0 bridgehead atoms. The summed E-state index contributed by atoms with van der Waals surface area (Å²) in [6.45, 7) is 2.79. The molecular formula is C29H32N4O6. The molecule has 204 valence electrons. The van der Waals surface area contributed by atoms with E-state index in [1.165, 1.54) is 25.3 Å². The second-order valence-corrected chi connectivity index (χ2v) is 9.36. The largest absolute Gasteiger partial charge is 0.495 e. The number of carbonyl (C=O) groups excluding carboxylic acids is 2. The van der Waals surface area contributed by atoms with Gasteiger partial charge in [0.1, 0.15) is 18.1 Å². The number of likely N-dealkylation sites (tertiary alicyclic amines) is 1. The summed E-state index contributed by atoms with van der Waals surface area (Å²) in [5.41, 5.74) is 9.15. The maximum absolute atomic E-state index is 13.2. The molecule has 3 aromatic carbocycles. The zero-order valence-corrected chi connectivity index (χ0v) is 21.9. The number of hydrogen-bond donors (Lipinski definition) is 4. The van der Waals surface area contributed by atoms with Crippen molar-refractivity contribution in [2.75, 3.05) is 36.6 Å². The van der Waals surface area contributed by atoms with Crippen molar-refractivity contribution in [3.63, 3.8) is 0 Å². The lowest BCUT2D eigenvalue weighted by Crippen LogP contribution is -2.40. The van der Waals surface area contributed by atoms with Crippen molar-refractivity contribution in [3.05, 3.63) is 77.4 Å². The van der Waals surface area contributed by atoms with Crippen LogP contribution < -0.4 is 25.8 Å². The highest BCUT2D eigenvalue weighted by Gasteiger charge is 2.29. The minimum absolute atomic E-state index is 0.0460. The van der Waals surface area contributed by atoms with Crippen molar-refractivity contribution in [1.29, 1.82) is 0 Å². The first-order valence-electron chi connectivity index (χ1n) is 12.6. The van der Waals surface area contributed by atoms with E-state index in [0.29, 0.717) is 29.4 Å². The number of amides is 3. The highest BCUT2D eigenvalue weighted by atomic mass is 16.5. The second-order valence-electron chi connectivity index (χ2n) is 9.36. The van der Waals surface area contributed by atoms with E-state index in [2.05, 4.69) is 10.6 Å². The van der Waals surface area contributed by atoms with Gasteiger partial charge in [0.25, 0.3) is 0 Å². The Bertz CT molecular complexity index is 1380. The molecule has 10 nitrogen and oxygen atoms in total. The third-order valence-corrected chi connectivity index (χ3v) is 6.65. The number of urea groups is 1. The Morgan fingerprint density at radius 3 is 2.51 bits per heavy atom. The van der Waals surface area contributed by atoms with Crippen LogP contribution in [0.15, 0.2) is 60.7 Å². The molecule has 0 radical (unpaired) electrons. The predicted octanol–water partition coefficient (Wildman–Crippen LogP) is 4.54. The number of ether oxygens (including phenoxy) is 2. The number of nitrogens with zero attached hydrogens (tertiary/aromatic N) is 1. The third kappa shape index (κ3) is 6.78. The average Bonchev–Trinajstić information content (AvgIpc) is 3.39. The quantitative estimate of drug-likeness (QED) is 0.296. The summed E-state index contributed by atoms with van der Waals surface area (Å²) < 4.78 is 11.3. The minimum atomic E-state index is -1.06. The Balaban J connectivity index is 1.36. The van der Waals surface area contributed by atoms with Crippen LogP contribution in [0.1, 0.15) is 34.3 Å². The van der Waals surface area contributed by atoms with Crippen LogP contribution in [0.25, 0.3) is 0 Å². The Morgan fingerprint density at radius 2 is 1.79 bits per heavy atom. The lowest BCUT2D eigenvalue weighted by Gasteiger charge is -2.25. The van der Waals surface area contributed by atoms with Gasteiger partial charge in [-0.2, -0.15) is 0 Å². The highest BCUT2D eigenvalue weighted by molar-refractivity contribution is 6.01. The van der Waals surface area contributed by atoms with Gasteiger partial charge < -0.3 is 35.8 Å². The molecular weight excluding hydrogens is 500 g/mol. The molecule has 1 heterocycles. The summed E-state index contributed by atoms with van der Waals surface area (Å²) in [5.74, 6) is -0.275. The van der Waals surface area contributed by atoms with Gasteiger partial charge in [0.05, 0.1) is 36.5 Å². The van der Waals surface area contributed by atoms with Gasteiger partial charge >= 0.3 is 12.0 Å². The molecule has 1 aliphatic heterocycles. The first kappa shape index (κ1) is 27.3. The molecule has 1 atom stereocenters. The van der Waals surface area contributed by atoms with Gasteiger partial charge in [-0.1, -0.05) is 24.3 Å². The van der Waals surface area contributed by atoms with Crippen molar-refractivity contribution in [2.24, 2.45) is 0 Å². The molecule has 0 aromatic heterocycles. The number of rotatable bonds is 9. The Kier molecular flexibility index (Phi) is 8.55. The number of carboxylic acids is 1. The molecule has 0 saturated carbocycles. The smallest absolute Gasteiger partial charge is 0.335 e. The number of carboxylic acid groups (broad SMARTS) is 1. The maximum atomic E-state index is 13.2. The number of nitrogens with one attached hydrogen (secondary N) is 2. The molecule has 1 fully saturated rings. The van der Waals surface area contributed by atoms with Gasteiger partial charge in [0, 0.05) is 12.2 Å². The number of nitrogen functional groups attached to an aromatic ring is 1. The molecule has 3 aromatic rings.